The van der Waals surface area contributed by atoms with Gasteiger partial charge in [-0.3, -0.25) is 4.68 Å². The van der Waals surface area contributed by atoms with E-state index in [1.54, 1.807) is 0 Å². The van der Waals surface area contributed by atoms with Gasteiger partial charge in [-0.05, 0) is 44.4 Å². The molecule has 3 nitrogen and oxygen atoms in total. The summed E-state index contributed by atoms with van der Waals surface area (Å²) in [6, 6.07) is 2.87. The molecule has 1 N–H and O–H groups in total. The van der Waals surface area contributed by atoms with E-state index < -0.39 is 0 Å². The first-order chi connectivity index (χ1) is 7.25. The van der Waals surface area contributed by atoms with Gasteiger partial charge in [0.2, 0.25) is 0 Å². The molecule has 1 heterocycles. The molecule has 82 valence electrons. The van der Waals surface area contributed by atoms with Crippen molar-refractivity contribution in [1.29, 1.82) is 0 Å². The Balaban J connectivity index is 1.78. The van der Waals surface area contributed by atoms with E-state index in [9.17, 15) is 0 Å². The number of nitrogens with zero attached hydrogens (tertiary/aromatic N) is 2. The number of hydrogen-bond acceptors (Lipinski definition) is 2. The highest BCUT2D eigenvalue weighted by molar-refractivity contribution is 5.59. The highest BCUT2D eigenvalue weighted by Gasteiger charge is 2.19. The molecule has 15 heavy (non-hydrogen) atoms. The van der Waals surface area contributed by atoms with E-state index in [4.69, 9.17) is 0 Å². The topological polar surface area (TPSA) is 29.9 Å². The van der Waals surface area contributed by atoms with Gasteiger partial charge in [-0.25, -0.2) is 0 Å². The monoisotopic (exact) mass is 205 g/mol. The van der Waals surface area contributed by atoms with Crippen molar-refractivity contribution < 1.29 is 0 Å². The van der Waals surface area contributed by atoms with Crippen molar-refractivity contribution >= 4 is 5.57 Å². The van der Waals surface area contributed by atoms with Gasteiger partial charge in [0.1, 0.15) is 0 Å². The van der Waals surface area contributed by atoms with Crippen LogP contribution in [0.4, 0.5) is 0 Å². The fraction of sp³-hybridized carbons (Fsp3) is 0.583. The molecule has 1 aromatic rings. The Morgan fingerprint density at radius 3 is 3.07 bits per heavy atom. The molecule has 1 aromatic heterocycles. The van der Waals surface area contributed by atoms with Gasteiger partial charge in [-0.2, -0.15) is 5.10 Å². The molecule has 0 aromatic carbocycles. The second-order valence-corrected chi connectivity index (χ2v) is 4.28. The van der Waals surface area contributed by atoms with Crippen molar-refractivity contribution in [2.75, 3.05) is 6.54 Å². The summed E-state index contributed by atoms with van der Waals surface area (Å²) in [6.45, 7) is 3.22. The third-order valence-electron chi connectivity index (χ3n) is 2.72. The maximum atomic E-state index is 4.36. The standard InChI is InChI=1S/C12H19N3/c1-10(12-7-9-15(2)14-12)4-3-8-13-11-5-6-11/h4,7,9,11,13H,3,5-6,8H2,1-2H3/b10-4-. The van der Waals surface area contributed by atoms with E-state index >= 15 is 0 Å². The minimum atomic E-state index is 0.813. The first-order valence-electron chi connectivity index (χ1n) is 5.66. The fourth-order valence-corrected chi connectivity index (χ4v) is 1.59. The third kappa shape index (κ3) is 3.20. The highest BCUT2D eigenvalue weighted by atomic mass is 15.2. The van der Waals surface area contributed by atoms with Crippen LogP contribution in [0.2, 0.25) is 0 Å². The van der Waals surface area contributed by atoms with Crippen molar-refractivity contribution in [3.05, 3.63) is 24.0 Å². The zero-order valence-electron chi connectivity index (χ0n) is 9.53. The molecule has 0 aliphatic heterocycles. The van der Waals surface area contributed by atoms with Crippen LogP contribution in [0.25, 0.3) is 5.57 Å². The summed E-state index contributed by atoms with van der Waals surface area (Å²) in [4.78, 5) is 0. The summed E-state index contributed by atoms with van der Waals surface area (Å²) in [5, 5.41) is 7.86. The van der Waals surface area contributed by atoms with Crippen LogP contribution in [-0.4, -0.2) is 22.4 Å². The van der Waals surface area contributed by atoms with E-state index in [-0.39, 0.29) is 0 Å². The molecule has 2 rings (SSSR count). The average Bonchev–Trinajstić information content (AvgIpc) is 2.94. The summed E-state index contributed by atoms with van der Waals surface area (Å²) in [5.74, 6) is 0. The number of rotatable bonds is 5. The van der Waals surface area contributed by atoms with Crippen molar-refractivity contribution in [3.63, 3.8) is 0 Å². The second-order valence-electron chi connectivity index (χ2n) is 4.28. The van der Waals surface area contributed by atoms with E-state index in [0.717, 1.165) is 24.7 Å². The first-order valence-corrected chi connectivity index (χ1v) is 5.66. The number of allylic oxidation sites excluding steroid dienone is 1. The predicted molar refractivity (Wildman–Crippen MR) is 62.5 cm³/mol. The molecular formula is C12H19N3. The van der Waals surface area contributed by atoms with Crippen LogP contribution in [0.5, 0.6) is 0 Å². The van der Waals surface area contributed by atoms with E-state index in [0.29, 0.717) is 0 Å². The summed E-state index contributed by atoms with van der Waals surface area (Å²) in [7, 11) is 1.95. The molecule has 1 fully saturated rings. The maximum absolute atomic E-state index is 4.36. The van der Waals surface area contributed by atoms with E-state index in [1.807, 2.05) is 17.9 Å². The van der Waals surface area contributed by atoms with Crippen LogP contribution in [-0.2, 0) is 7.05 Å². The molecular weight excluding hydrogens is 186 g/mol. The van der Waals surface area contributed by atoms with Gasteiger partial charge in [0.25, 0.3) is 0 Å². The molecule has 0 spiro atoms. The summed E-state index contributed by atoms with van der Waals surface area (Å²) in [5.41, 5.74) is 2.36. The van der Waals surface area contributed by atoms with E-state index in [1.165, 1.54) is 18.4 Å². The van der Waals surface area contributed by atoms with Crippen LogP contribution in [0, 0.1) is 0 Å². The van der Waals surface area contributed by atoms with Crippen LogP contribution in [0.3, 0.4) is 0 Å². The number of aryl methyl sites for hydroxylation is 1. The van der Waals surface area contributed by atoms with Gasteiger partial charge in [-0.15, -0.1) is 0 Å². The van der Waals surface area contributed by atoms with Crippen molar-refractivity contribution in [3.8, 4) is 0 Å². The Bertz CT molecular complexity index is 348. The number of hydrogen-bond donors (Lipinski definition) is 1. The Hall–Kier alpha value is -1.09. The van der Waals surface area contributed by atoms with Crippen molar-refractivity contribution in [1.82, 2.24) is 15.1 Å². The lowest BCUT2D eigenvalue weighted by molar-refractivity contribution is 0.690. The van der Waals surface area contributed by atoms with Crippen LogP contribution >= 0.6 is 0 Å². The number of aromatic nitrogens is 2. The maximum Gasteiger partial charge on any atom is 0.0876 e. The summed E-state index contributed by atoms with van der Waals surface area (Å²) >= 11 is 0. The highest BCUT2D eigenvalue weighted by Crippen LogP contribution is 2.18. The molecule has 3 heteroatoms. The Morgan fingerprint density at radius 2 is 2.47 bits per heavy atom. The molecule has 0 saturated heterocycles. The first kappa shape index (κ1) is 10.4. The van der Waals surface area contributed by atoms with E-state index in [2.05, 4.69) is 29.5 Å². The smallest absolute Gasteiger partial charge is 0.0876 e. The summed E-state index contributed by atoms with van der Waals surface area (Å²) in [6.07, 6.45) is 8.07. The normalized spacial score (nSPS) is 17.1. The zero-order chi connectivity index (χ0) is 10.7. The lowest BCUT2D eigenvalue weighted by Gasteiger charge is -1.99. The predicted octanol–water partition coefficient (Wildman–Crippen LogP) is 1.97. The largest absolute Gasteiger partial charge is 0.314 e. The lowest BCUT2D eigenvalue weighted by atomic mass is 10.2. The molecule has 1 aliphatic rings. The molecule has 0 atom stereocenters. The van der Waals surface area contributed by atoms with Gasteiger partial charge >= 0.3 is 0 Å². The SMILES string of the molecule is C/C(=C/CCNC1CC1)c1ccn(C)n1. The zero-order valence-corrected chi connectivity index (χ0v) is 9.53. The fourth-order valence-electron chi connectivity index (χ4n) is 1.59. The molecule has 0 unspecified atom stereocenters. The second kappa shape index (κ2) is 4.62. The number of nitrogens with one attached hydrogen (secondary N) is 1. The van der Waals surface area contributed by atoms with Crippen molar-refractivity contribution in [2.45, 2.75) is 32.2 Å². The van der Waals surface area contributed by atoms with Gasteiger partial charge in [0.05, 0.1) is 5.69 Å². The third-order valence-corrected chi connectivity index (χ3v) is 2.72. The Morgan fingerprint density at radius 1 is 1.67 bits per heavy atom. The lowest BCUT2D eigenvalue weighted by Crippen LogP contribution is -2.16. The quantitative estimate of drug-likeness (QED) is 0.745. The van der Waals surface area contributed by atoms with Crippen LogP contribution in [0.1, 0.15) is 31.9 Å². The molecule has 1 aliphatic carbocycles. The Labute approximate surface area is 91.2 Å². The van der Waals surface area contributed by atoms with Gasteiger partial charge < -0.3 is 5.32 Å². The minimum Gasteiger partial charge on any atom is -0.314 e. The van der Waals surface area contributed by atoms with Crippen LogP contribution < -0.4 is 5.32 Å². The minimum absolute atomic E-state index is 0.813. The summed E-state index contributed by atoms with van der Waals surface area (Å²) < 4.78 is 1.84. The van der Waals surface area contributed by atoms with Gasteiger partial charge in [-0.1, -0.05) is 6.08 Å². The van der Waals surface area contributed by atoms with Crippen LogP contribution in [0.15, 0.2) is 18.3 Å². The molecule has 0 bridgehead atoms. The molecule has 1 saturated carbocycles. The molecule has 0 radical (unpaired) electrons. The average molecular weight is 205 g/mol. The van der Waals surface area contributed by atoms with Gasteiger partial charge in [0.15, 0.2) is 0 Å². The van der Waals surface area contributed by atoms with Crippen molar-refractivity contribution in [2.24, 2.45) is 7.05 Å². The van der Waals surface area contributed by atoms with Gasteiger partial charge in [0, 0.05) is 19.3 Å². The molecule has 0 amide bonds. The Kier molecular flexibility index (Phi) is 3.21.